The highest BCUT2D eigenvalue weighted by Gasteiger charge is 2.20. The van der Waals surface area contributed by atoms with Gasteiger partial charge in [0.25, 0.3) is 5.56 Å². The summed E-state index contributed by atoms with van der Waals surface area (Å²) in [6.45, 7) is 0. The van der Waals surface area contributed by atoms with Gasteiger partial charge in [-0.15, -0.1) is 10.2 Å². The van der Waals surface area contributed by atoms with E-state index in [-0.39, 0.29) is 22.4 Å². The van der Waals surface area contributed by atoms with Crippen LogP contribution in [0.25, 0.3) is 17.1 Å². The van der Waals surface area contributed by atoms with Crippen molar-refractivity contribution in [2.24, 2.45) is 14.1 Å². The molecule has 34 heavy (non-hydrogen) atoms. The van der Waals surface area contributed by atoms with Crippen LogP contribution in [-0.4, -0.2) is 35.6 Å². The number of aromatic nitrogens is 5. The molecule has 1 amide bonds. The van der Waals surface area contributed by atoms with Crippen LogP contribution in [0.5, 0.6) is 0 Å². The van der Waals surface area contributed by atoms with Gasteiger partial charge in [0.05, 0.1) is 11.4 Å². The summed E-state index contributed by atoms with van der Waals surface area (Å²) in [4.78, 5) is 36.5. The summed E-state index contributed by atoms with van der Waals surface area (Å²) < 4.78 is 31.6. The van der Waals surface area contributed by atoms with E-state index in [0.29, 0.717) is 11.4 Å². The summed E-state index contributed by atoms with van der Waals surface area (Å²) in [6.07, 6.45) is 0. The third-order valence-electron chi connectivity index (χ3n) is 4.94. The van der Waals surface area contributed by atoms with Crippen LogP contribution in [0.1, 0.15) is 0 Å². The Kier molecular flexibility index (Phi) is 6.41. The van der Waals surface area contributed by atoms with Crippen LogP contribution in [0, 0.1) is 11.6 Å². The highest BCUT2D eigenvalue weighted by Crippen LogP contribution is 2.29. The molecule has 0 atom stereocenters. The van der Waals surface area contributed by atoms with Crippen LogP contribution in [-0.2, 0) is 18.9 Å². The lowest BCUT2D eigenvalue weighted by molar-refractivity contribution is -0.113. The molecule has 0 aliphatic heterocycles. The van der Waals surface area contributed by atoms with E-state index in [1.165, 1.54) is 24.7 Å². The quantitative estimate of drug-likeness (QED) is 0.422. The van der Waals surface area contributed by atoms with E-state index in [1.54, 1.807) is 24.3 Å². The van der Waals surface area contributed by atoms with Crippen molar-refractivity contribution in [1.82, 2.24) is 23.9 Å². The van der Waals surface area contributed by atoms with Gasteiger partial charge in [-0.2, -0.15) is 0 Å². The van der Waals surface area contributed by atoms with Crippen LogP contribution in [0.4, 0.5) is 14.6 Å². The summed E-state index contributed by atoms with van der Waals surface area (Å²) in [5.74, 6) is -1.91. The topological polar surface area (TPSA) is 104 Å². The summed E-state index contributed by atoms with van der Waals surface area (Å²) in [6, 6.07) is 13.2. The molecule has 9 nitrogen and oxygen atoms in total. The van der Waals surface area contributed by atoms with Crippen LogP contribution in [0.2, 0.25) is 0 Å². The Labute approximate surface area is 195 Å². The fourth-order valence-corrected chi connectivity index (χ4v) is 3.92. The van der Waals surface area contributed by atoms with Gasteiger partial charge in [0, 0.05) is 31.8 Å². The van der Waals surface area contributed by atoms with Crippen LogP contribution in [0.15, 0.2) is 69.3 Å². The molecule has 0 spiro atoms. The molecule has 2 aromatic heterocycles. The minimum Gasteiger partial charge on any atom is -0.311 e. The lowest BCUT2D eigenvalue weighted by Gasteiger charge is -2.12. The first-order valence-corrected chi connectivity index (χ1v) is 10.9. The summed E-state index contributed by atoms with van der Waals surface area (Å²) in [5, 5.41) is 10.9. The van der Waals surface area contributed by atoms with E-state index in [0.717, 1.165) is 39.1 Å². The molecule has 2 heterocycles. The SMILES string of the molecule is Cn1c(NC(=O)CSc2nnc(-c3ccccc3)n2-c2ccc(F)cc2F)cc(=O)n(C)c1=O. The maximum Gasteiger partial charge on any atom is 0.332 e. The van der Waals surface area contributed by atoms with E-state index in [1.807, 2.05) is 6.07 Å². The molecule has 4 rings (SSSR count). The van der Waals surface area contributed by atoms with Crippen molar-refractivity contribution in [3.05, 3.63) is 87.1 Å². The van der Waals surface area contributed by atoms with Crippen LogP contribution < -0.4 is 16.6 Å². The molecule has 0 radical (unpaired) electrons. The lowest BCUT2D eigenvalue weighted by atomic mass is 10.2. The number of carbonyl (C=O) groups is 1. The van der Waals surface area contributed by atoms with Gasteiger partial charge in [-0.3, -0.25) is 23.3 Å². The average Bonchev–Trinajstić information content (AvgIpc) is 3.24. The third-order valence-corrected chi connectivity index (χ3v) is 5.87. The van der Waals surface area contributed by atoms with Crippen LogP contribution in [0.3, 0.4) is 0 Å². The van der Waals surface area contributed by atoms with Gasteiger partial charge in [0.15, 0.2) is 11.0 Å². The molecule has 0 aliphatic carbocycles. The number of hydrogen-bond acceptors (Lipinski definition) is 6. The summed E-state index contributed by atoms with van der Waals surface area (Å²) in [5.41, 5.74) is -0.494. The molecule has 0 saturated heterocycles. The first-order chi connectivity index (χ1) is 16.3. The molecular weight excluding hydrogens is 466 g/mol. The van der Waals surface area contributed by atoms with E-state index in [2.05, 4.69) is 15.5 Å². The predicted molar refractivity (Wildman–Crippen MR) is 123 cm³/mol. The van der Waals surface area contributed by atoms with Crippen molar-refractivity contribution in [3.8, 4) is 17.1 Å². The molecule has 0 saturated carbocycles. The van der Waals surface area contributed by atoms with Gasteiger partial charge in [0.2, 0.25) is 5.91 Å². The second-order valence-corrected chi connectivity index (χ2v) is 8.15. The lowest BCUT2D eigenvalue weighted by Crippen LogP contribution is -2.38. The Hall–Kier alpha value is -4.06. The standard InChI is InChI=1S/C22H18F2N6O3S/c1-28-17(11-19(32)29(2)22(28)33)25-18(31)12-34-21-27-26-20(13-6-4-3-5-7-13)30(21)16-9-8-14(23)10-15(16)24/h3-11H,12H2,1-2H3,(H,25,31). The largest absolute Gasteiger partial charge is 0.332 e. The van der Waals surface area contributed by atoms with E-state index < -0.39 is 28.8 Å². The van der Waals surface area contributed by atoms with E-state index in [9.17, 15) is 23.2 Å². The molecule has 174 valence electrons. The zero-order chi connectivity index (χ0) is 24.4. The first kappa shape index (κ1) is 23.1. The van der Waals surface area contributed by atoms with Crippen LogP contribution >= 0.6 is 11.8 Å². The van der Waals surface area contributed by atoms with Gasteiger partial charge in [-0.1, -0.05) is 42.1 Å². The second kappa shape index (κ2) is 9.43. The highest BCUT2D eigenvalue weighted by atomic mass is 32.2. The number of thioether (sulfide) groups is 1. The Morgan fingerprint density at radius 1 is 1.00 bits per heavy atom. The number of anilines is 1. The van der Waals surface area contributed by atoms with Gasteiger partial charge in [-0.25, -0.2) is 13.6 Å². The number of carbonyl (C=O) groups excluding carboxylic acids is 1. The molecule has 12 heteroatoms. The molecule has 4 aromatic rings. The smallest absolute Gasteiger partial charge is 0.311 e. The Balaban J connectivity index is 1.64. The molecule has 0 unspecified atom stereocenters. The predicted octanol–water partition coefficient (Wildman–Crippen LogP) is 2.34. The number of nitrogens with zero attached hydrogens (tertiary/aromatic N) is 5. The molecule has 2 aromatic carbocycles. The van der Waals surface area contributed by atoms with E-state index in [4.69, 9.17) is 0 Å². The minimum atomic E-state index is -0.821. The Morgan fingerprint density at radius 2 is 1.74 bits per heavy atom. The van der Waals surface area contributed by atoms with Gasteiger partial charge in [-0.05, 0) is 12.1 Å². The number of nitrogens with one attached hydrogen (secondary N) is 1. The van der Waals surface area contributed by atoms with Crippen molar-refractivity contribution >= 4 is 23.5 Å². The van der Waals surface area contributed by atoms with Crippen molar-refractivity contribution < 1.29 is 13.6 Å². The number of rotatable bonds is 6. The maximum absolute atomic E-state index is 14.7. The third kappa shape index (κ3) is 4.53. The second-order valence-electron chi connectivity index (χ2n) is 7.21. The number of halogens is 2. The zero-order valence-corrected chi connectivity index (χ0v) is 18.8. The first-order valence-electron chi connectivity index (χ1n) is 9.92. The fourth-order valence-electron chi connectivity index (χ4n) is 3.18. The maximum atomic E-state index is 14.7. The minimum absolute atomic E-state index is 0.0158. The van der Waals surface area contributed by atoms with Gasteiger partial charge < -0.3 is 5.32 Å². The molecule has 0 bridgehead atoms. The van der Waals surface area contributed by atoms with Crippen molar-refractivity contribution in [1.29, 1.82) is 0 Å². The van der Waals surface area contributed by atoms with Crippen molar-refractivity contribution in [2.45, 2.75) is 5.16 Å². The molecular formula is C22H18F2N6O3S. The fraction of sp³-hybridized carbons (Fsp3) is 0.136. The summed E-state index contributed by atoms with van der Waals surface area (Å²) >= 11 is 0.961. The number of hydrogen-bond donors (Lipinski definition) is 1. The van der Waals surface area contributed by atoms with Gasteiger partial charge in [0.1, 0.15) is 17.5 Å². The van der Waals surface area contributed by atoms with E-state index >= 15 is 0 Å². The van der Waals surface area contributed by atoms with Crippen molar-refractivity contribution in [2.75, 3.05) is 11.1 Å². The molecule has 0 aliphatic rings. The Morgan fingerprint density at radius 3 is 2.44 bits per heavy atom. The monoisotopic (exact) mass is 484 g/mol. The number of amides is 1. The Bertz CT molecular complexity index is 1500. The summed E-state index contributed by atoms with van der Waals surface area (Å²) in [7, 11) is 2.75. The zero-order valence-electron chi connectivity index (χ0n) is 18.0. The van der Waals surface area contributed by atoms with Crippen molar-refractivity contribution in [3.63, 3.8) is 0 Å². The normalized spacial score (nSPS) is 10.9. The molecule has 0 fully saturated rings. The highest BCUT2D eigenvalue weighted by molar-refractivity contribution is 7.99. The number of benzene rings is 2. The average molecular weight is 484 g/mol. The van der Waals surface area contributed by atoms with Gasteiger partial charge >= 0.3 is 5.69 Å². The molecule has 1 N–H and O–H groups in total.